The maximum Gasteiger partial charge on any atom is 0.333 e. The summed E-state index contributed by atoms with van der Waals surface area (Å²) in [6.07, 6.45) is 26.1. The molecule has 30 heavy (non-hydrogen) atoms. The molecule has 0 heterocycles. The van der Waals surface area contributed by atoms with E-state index >= 15 is 0 Å². The van der Waals surface area contributed by atoms with Crippen LogP contribution in [0.5, 0.6) is 0 Å². The van der Waals surface area contributed by atoms with E-state index in [1.165, 1.54) is 122 Å². The number of rotatable bonds is 23. The summed E-state index contributed by atoms with van der Waals surface area (Å²) in [5.41, 5.74) is 0.493. The summed E-state index contributed by atoms with van der Waals surface area (Å²) < 4.78 is 5.11. The van der Waals surface area contributed by atoms with Gasteiger partial charge in [-0.05, 0) is 40.4 Å². The Morgan fingerprint density at radius 3 is 1.20 bits per heavy atom. The number of ether oxygens (including phenoxy) is 1. The fourth-order valence-electron chi connectivity index (χ4n) is 3.82. The first kappa shape index (κ1) is 29.2. The highest BCUT2D eigenvalue weighted by Crippen LogP contribution is 2.14. The normalized spacial score (nSPS) is 11.2. The average molecular weight is 424 g/mol. The predicted octanol–water partition coefficient (Wildman–Crippen LogP) is 8.08. The molecule has 3 nitrogen and oxygen atoms in total. The van der Waals surface area contributed by atoms with Gasteiger partial charge in [-0.1, -0.05) is 116 Å². The predicted molar refractivity (Wildman–Crippen MR) is 132 cm³/mol. The zero-order chi connectivity index (χ0) is 22.3. The Morgan fingerprint density at radius 2 is 0.900 bits per heavy atom. The van der Waals surface area contributed by atoms with Crippen molar-refractivity contribution in [3.63, 3.8) is 0 Å². The zero-order valence-corrected chi connectivity index (χ0v) is 20.8. The van der Waals surface area contributed by atoms with E-state index in [2.05, 4.69) is 25.6 Å². The zero-order valence-electron chi connectivity index (χ0n) is 20.8. The van der Waals surface area contributed by atoms with E-state index in [1.807, 2.05) is 0 Å². The van der Waals surface area contributed by atoms with Crippen LogP contribution >= 0.6 is 0 Å². The Kier molecular flexibility index (Phi) is 22.2. The van der Waals surface area contributed by atoms with E-state index in [0.717, 1.165) is 6.42 Å². The maximum absolute atomic E-state index is 11.2. The molecule has 0 aliphatic carbocycles. The number of hydrogen-bond donors (Lipinski definition) is 0. The Balaban J connectivity index is 3.07. The standard InChI is InChI=1S/C27H53NO2/c1-26(2)27(29)30-25-23-21-19-17-15-13-11-9-7-5-6-8-10-12-14-16-18-20-22-24-28(3)4/h1,5-25H2,2-4H3. The highest BCUT2D eigenvalue weighted by Gasteiger charge is 2.01. The minimum absolute atomic E-state index is 0.253. The quantitative estimate of drug-likeness (QED) is 0.0944. The summed E-state index contributed by atoms with van der Waals surface area (Å²) in [6, 6.07) is 0. The van der Waals surface area contributed by atoms with Gasteiger partial charge in [-0.15, -0.1) is 0 Å². The molecule has 0 aromatic carbocycles. The van der Waals surface area contributed by atoms with Crippen LogP contribution in [0.1, 0.15) is 129 Å². The van der Waals surface area contributed by atoms with Crippen LogP contribution in [0.25, 0.3) is 0 Å². The molecular weight excluding hydrogens is 370 g/mol. The average Bonchev–Trinajstić information content (AvgIpc) is 2.71. The van der Waals surface area contributed by atoms with Gasteiger partial charge in [0.2, 0.25) is 0 Å². The molecule has 0 rings (SSSR count). The Bertz CT molecular complexity index is 392. The molecule has 0 amide bonds. The van der Waals surface area contributed by atoms with Crippen molar-refractivity contribution in [3.05, 3.63) is 12.2 Å². The number of carbonyl (C=O) groups is 1. The molecule has 0 aromatic heterocycles. The van der Waals surface area contributed by atoms with Crippen LogP contribution < -0.4 is 0 Å². The van der Waals surface area contributed by atoms with Gasteiger partial charge in [0, 0.05) is 5.57 Å². The van der Waals surface area contributed by atoms with Crippen LogP contribution in [0.4, 0.5) is 0 Å². The number of nitrogens with zero attached hydrogens (tertiary/aromatic N) is 1. The third kappa shape index (κ3) is 23.4. The molecule has 0 saturated carbocycles. The van der Waals surface area contributed by atoms with Crippen molar-refractivity contribution >= 4 is 5.97 Å². The summed E-state index contributed by atoms with van der Waals surface area (Å²) in [5.74, 6) is -0.253. The van der Waals surface area contributed by atoms with Crippen molar-refractivity contribution in [1.82, 2.24) is 4.90 Å². The number of hydrogen-bond acceptors (Lipinski definition) is 3. The van der Waals surface area contributed by atoms with Gasteiger partial charge in [0.15, 0.2) is 0 Å². The molecule has 0 N–H and O–H groups in total. The molecule has 0 unspecified atom stereocenters. The lowest BCUT2D eigenvalue weighted by molar-refractivity contribution is -0.139. The second-order valence-corrected chi connectivity index (χ2v) is 9.44. The van der Waals surface area contributed by atoms with Gasteiger partial charge in [-0.3, -0.25) is 0 Å². The molecule has 3 heteroatoms. The van der Waals surface area contributed by atoms with Crippen molar-refractivity contribution in [2.24, 2.45) is 0 Å². The Morgan fingerprint density at radius 1 is 0.600 bits per heavy atom. The van der Waals surface area contributed by atoms with Gasteiger partial charge in [0.1, 0.15) is 0 Å². The summed E-state index contributed by atoms with van der Waals surface area (Å²) in [7, 11) is 4.33. The van der Waals surface area contributed by atoms with E-state index in [9.17, 15) is 4.79 Å². The SMILES string of the molecule is C=C(C)C(=O)OCCCCCCCCCCCCCCCCCCCCCN(C)C. The topological polar surface area (TPSA) is 29.5 Å². The molecule has 0 fully saturated rings. The summed E-state index contributed by atoms with van der Waals surface area (Å²) in [4.78, 5) is 13.5. The van der Waals surface area contributed by atoms with Crippen molar-refractivity contribution in [2.75, 3.05) is 27.2 Å². The molecule has 0 saturated heterocycles. The fourth-order valence-corrected chi connectivity index (χ4v) is 3.82. The van der Waals surface area contributed by atoms with Gasteiger partial charge in [-0.2, -0.15) is 0 Å². The molecule has 0 spiro atoms. The van der Waals surface area contributed by atoms with E-state index in [0.29, 0.717) is 12.2 Å². The van der Waals surface area contributed by atoms with Gasteiger partial charge < -0.3 is 9.64 Å². The molecule has 0 aliphatic rings. The highest BCUT2D eigenvalue weighted by atomic mass is 16.5. The number of carbonyl (C=O) groups excluding carboxylic acids is 1. The molecule has 0 bridgehead atoms. The van der Waals surface area contributed by atoms with Crippen molar-refractivity contribution in [1.29, 1.82) is 0 Å². The Labute approximate surface area is 189 Å². The first-order chi connectivity index (χ1) is 14.5. The second kappa shape index (κ2) is 22.8. The third-order valence-electron chi connectivity index (χ3n) is 5.83. The van der Waals surface area contributed by atoms with Crippen molar-refractivity contribution in [2.45, 2.75) is 129 Å². The van der Waals surface area contributed by atoms with Crippen LogP contribution in [0.3, 0.4) is 0 Å². The van der Waals surface area contributed by atoms with Gasteiger partial charge in [0.05, 0.1) is 6.61 Å². The number of unbranched alkanes of at least 4 members (excludes halogenated alkanes) is 18. The molecule has 0 aliphatic heterocycles. The molecule has 0 atom stereocenters. The number of esters is 1. The van der Waals surface area contributed by atoms with Crippen LogP contribution in [0.2, 0.25) is 0 Å². The van der Waals surface area contributed by atoms with Crippen LogP contribution in [0.15, 0.2) is 12.2 Å². The second-order valence-electron chi connectivity index (χ2n) is 9.44. The summed E-state index contributed by atoms with van der Waals surface area (Å²) in [6.45, 7) is 7.07. The smallest absolute Gasteiger partial charge is 0.333 e. The summed E-state index contributed by atoms with van der Waals surface area (Å²) in [5, 5.41) is 0. The fraction of sp³-hybridized carbons (Fsp3) is 0.889. The first-order valence-electron chi connectivity index (χ1n) is 13.0. The summed E-state index contributed by atoms with van der Waals surface area (Å²) >= 11 is 0. The highest BCUT2D eigenvalue weighted by molar-refractivity contribution is 5.86. The monoisotopic (exact) mass is 423 g/mol. The van der Waals surface area contributed by atoms with Crippen LogP contribution in [-0.4, -0.2) is 38.1 Å². The van der Waals surface area contributed by atoms with Gasteiger partial charge in [-0.25, -0.2) is 4.79 Å². The van der Waals surface area contributed by atoms with E-state index < -0.39 is 0 Å². The lowest BCUT2D eigenvalue weighted by Crippen LogP contribution is -2.12. The van der Waals surface area contributed by atoms with Crippen LogP contribution in [-0.2, 0) is 9.53 Å². The molecule has 0 aromatic rings. The van der Waals surface area contributed by atoms with E-state index in [1.54, 1.807) is 6.92 Å². The Hall–Kier alpha value is -0.830. The minimum atomic E-state index is -0.253. The molecular formula is C27H53NO2. The van der Waals surface area contributed by atoms with Crippen molar-refractivity contribution in [3.8, 4) is 0 Å². The van der Waals surface area contributed by atoms with Crippen molar-refractivity contribution < 1.29 is 9.53 Å². The van der Waals surface area contributed by atoms with E-state index in [4.69, 9.17) is 4.74 Å². The van der Waals surface area contributed by atoms with Gasteiger partial charge in [0.25, 0.3) is 0 Å². The third-order valence-corrected chi connectivity index (χ3v) is 5.83. The molecule has 178 valence electrons. The lowest BCUT2D eigenvalue weighted by Gasteiger charge is -2.08. The maximum atomic E-state index is 11.2. The van der Waals surface area contributed by atoms with Crippen LogP contribution in [0, 0.1) is 0 Å². The van der Waals surface area contributed by atoms with E-state index in [-0.39, 0.29) is 5.97 Å². The first-order valence-corrected chi connectivity index (χ1v) is 13.0. The minimum Gasteiger partial charge on any atom is -0.462 e. The lowest BCUT2D eigenvalue weighted by atomic mass is 10.0. The van der Waals surface area contributed by atoms with Gasteiger partial charge >= 0.3 is 5.97 Å². The molecule has 0 radical (unpaired) electrons. The largest absolute Gasteiger partial charge is 0.462 e.